The van der Waals surface area contributed by atoms with Gasteiger partial charge in [0.05, 0.1) is 18.1 Å². The van der Waals surface area contributed by atoms with Crippen LogP contribution in [0.2, 0.25) is 0 Å². The van der Waals surface area contributed by atoms with E-state index in [1.807, 2.05) is 36.1 Å². The van der Waals surface area contributed by atoms with Crippen molar-refractivity contribution in [3.05, 3.63) is 24.3 Å². The first-order chi connectivity index (χ1) is 17.3. The molecule has 1 N–H and O–H groups in total. The van der Waals surface area contributed by atoms with E-state index in [0.29, 0.717) is 19.7 Å². The van der Waals surface area contributed by atoms with Gasteiger partial charge in [-0.1, -0.05) is 50.5 Å². The van der Waals surface area contributed by atoms with Gasteiger partial charge in [-0.3, -0.25) is 14.4 Å². The molecule has 0 aromatic carbocycles. The third-order valence-electron chi connectivity index (χ3n) is 8.33. The number of hydrogen-bond acceptors (Lipinski definition) is 6. The van der Waals surface area contributed by atoms with Crippen molar-refractivity contribution in [3.8, 4) is 0 Å². The van der Waals surface area contributed by atoms with Crippen molar-refractivity contribution in [1.29, 1.82) is 0 Å². The second-order valence-electron chi connectivity index (χ2n) is 10.9. The summed E-state index contributed by atoms with van der Waals surface area (Å²) in [6, 6.07) is -0.790. The molecular weight excluding hydrogens is 460 g/mol. The number of nitrogens with zero attached hydrogens (tertiary/aromatic N) is 2. The molecule has 0 aromatic rings. The smallest absolute Gasteiger partial charge is 0.313 e. The highest BCUT2D eigenvalue weighted by molar-refractivity contribution is 5.99. The van der Waals surface area contributed by atoms with E-state index in [-0.39, 0.29) is 24.5 Å². The summed E-state index contributed by atoms with van der Waals surface area (Å²) in [5.41, 5.74) is -2.26. The number of hydrogen-bond donors (Lipinski definition) is 1. The predicted octanol–water partition coefficient (Wildman–Crippen LogP) is 2.99. The van der Waals surface area contributed by atoms with Gasteiger partial charge in [0.1, 0.15) is 17.6 Å². The van der Waals surface area contributed by atoms with Gasteiger partial charge in [-0.2, -0.15) is 0 Å². The third-order valence-corrected chi connectivity index (χ3v) is 8.33. The molecule has 1 spiro atoms. The van der Waals surface area contributed by atoms with Crippen molar-refractivity contribution in [1.82, 2.24) is 9.80 Å². The van der Waals surface area contributed by atoms with Crippen LogP contribution in [-0.4, -0.2) is 82.3 Å². The Morgan fingerprint density at radius 3 is 2.61 bits per heavy atom. The van der Waals surface area contributed by atoms with Crippen LogP contribution in [-0.2, 0) is 23.9 Å². The van der Waals surface area contributed by atoms with Gasteiger partial charge < -0.3 is 24.4 Å². The maximum absolute atomic E-state index is 14.2. The Kier molecular flexibility index (Phi) is 8.25. The number of allylic oxidation sites excluding steroid dienone is 1. The number of carbonyl (C=O) groups is 3. The average Bonchev–Trinajstić information content (AvgIpc) is 3.18. The average molecular weight is 503 g/mol. The van der Waals surface area contributed by atoms with Crippen LogP contribution in [0, 0.1) is 11.8 Å². The van der Waals surface area contributed by atoms with E-state index < -0.39 is 35.0 Å². The Morgan fingerprint density at radius 1 is 1.08 bits per heavy atom. The summed E-state index contributed by atoms with van der Waals surface area (Å²) in [6.07, 6.45) is 14.2. The largest absolute Gasteiger partial charge is 0.465 e. The van der Waals surface area contributed by atoms with Crippen molar-refractivity contribution in [2.24, 2.45) is 11.8 Å². The fraction of sp³-hybridized carbons (Fsp3) is 0.750. The molecule has 4 aliphatic heterocycles. The number of fused-ring (bicyclic) bond motifs is 2. The summed E-state index contributed by atoms with van der Waals surface area (Å²) >= 11 is 0. The number of esters is 1. The van der Waals surface area contributed by atoms with E-state index in [1.54, 1.807) is 4.90 Å². The summed E-state index contributed by atoms with van der Waals surface area (Å²) in [4.78, 5) is 45.2. The fourth-order valence-electron chi connectivity index (χ4n) is 6.61. The molecule has 36 heavy (non-hydrogen) atoms. The van der Waals surface area contributed by atoms with Crippen molar-refractivity contribution in [2.75, 3.05) is 26.3 Å². The minimum absolute atomic E-state index is 0.0295. The molecule has 0 aliphatic carbocycles. The number of aliphatic hydroxyl groups is 1. The first-order valence-electron chi connectivity index (χ1n) is 13.7. The Balaban J connectivity index is 1.75. The molecule has 0 saturated carbocycles. The van der Waals surface area contributed by atoms with Crippen LogP contribution in [0.1, 0.15) is 72.1 Å². The van der Waals surface area contributed by atoms with Gasteiger partial charge in [0.15, 0.2) is 0 Å². The highest BCUT2D eigenvalue weighted by Crippen LogP contribution is 2.57. The first-order valence-corrected chi connectivity index (χ1v) is 13.7. The molecule has 4 aliphatic rings. The Labute approximate surface area is 214 Å². The number of amides is 2. The monoisotopic (exact) mass is 502 g/mol. The summed E-state index contributed by atoms with van der Waals surface area (Å²) in [7, 11) is 0. The van der Waals surface area contributed by atoms with Gasteiger partial charge in [-0.15, -0.1) is 0 Å². The first kappa shape index (κ1) is 26.9. The van der Waals surface area contributed by atoms with Crippen LogP contribution in [0.5, 0.6) is 0 Å². The van der Waals surface area contributed by atoms with Gasteiger partial charge in [-0.05, 0) is 46.0 Å². The third kappa shape index (κ3) is 4.62. The summed E-state index contributed by atoms with van der Waals surface area (Å²) < 4.78 is 12.4. The summed E-state index contributed by atoms with van der Waals surface area (Å²) in [5.74, 6) is -2.38. The number of rotatable bonds is 9. The van der Waals surface area contributed by atoms with Gasteiger partial charge in [-0.25, -0.2) is 0 Å². The Morgan fingerprint density at radius 2 is 1.86 bits per heavy atom. The molecular formula is C28H42N2O6. The van der Waals surface area contributed by atoms with Crippen LogP contribution < -0.4 is 0 Å². The zero-order valence-corrected chi connectivity index (χ0v) is 22.0. The van der Waals surface area contributed by atoms with Crippen molar-refractivity contribution in [2.45, 2.75) is 95.4 Å². The number of unbranched alkanes of at least 4 members (excludes halogenated alkanes) is 3. The second-order valence-corrected chi connectivity index (χ2v) is 10.9. The van der Waals surface area contributed by atoms with E-state index in [1.165, 1.54) is 0 Å². The van der Waals surface area contributed by atoms with Gasteiger partial charge in [0.25, 0.3) is 0 Å². The van der Waals surface area contributed by atoms with Crippen LogP contribution in [0.4, 0.5) is 0 Å². The Bertz CT molecular complexity index is 902. The van der Waals surface area contributed by atoms with Crippen LogP contribution in [0.3, 0.4) is 0 Å². The molecule has 0 bridgehead atoms. The molecule has 2 fully saturated rings. The molecule has 2 amide bonds. The maximum atomic E-state index is 14.2. The summed E-state index contributed by atoms with van der Waals surface area (Å²) in [6.45, 7) is 7.32. The Hall–Kier alpha value is -2.19. The topological polar surface area (TPSA) is 96.4 Å². The zero-order chi connectivity index (χ0) is 25.9. The molecule has 4 heterocycles. The number of aliphatic hydroxyl groups excluding tert-OH is 1. The molecule has 0 aromatic heterocycles. The fourth-order valence-corrected chi connectivity index (χ4v) is 6.61. The van der Waals surface area contributed by atoms with E-state index in [0.717, 1.165) is 51.4 Å². The quantitative estimate of drug-likeness (QED) is 0.296. The van der Waals surface area contributed by atoms with E-state index in [9.17, 15) is 14.4 Å². The predicted molar refractivity (Wildman–Crippen MR) is 135 cm³/mol. The van der Waals surface area contributed by atoms with Crippen LogP contribution >= 0.6 is 0 Å². The van der Waals surface area contributed by atoms with Gasteiger partial charge in [0, 0.05) is 25.7 Å². The number of cyclic esters (lactones) is 1. The number of carbonyl (C=O) groups excluding carboxylic acids is 3. The number of likely N-dealkylation sites (tertiary alicyclic amines) is 1. The molecule has 0 radical (unpaired) electrons. The van der Waals surface area contributed by atoms with Crippen LogP contribution in [0.15, 0.2) is 24.3 Å². The highest BCUT2D eigenvalue weighted by atomic mass is 16.6. The minimum atomic E-state index is -1.22. The van der Waals surface area contributed by atoms with Crippen molar-refractivity contribution >= 4 is 17.8 Å². The van der Waals surface area contributed by atoms with Crippen LogP contribution in [0.25, 0.3) is 0 Å². The SMILES string of the molecule is CCCC(C)N1CC=C[C@]23O[C@]4(C)/C=C\CCCOC(=O)[C@@H]4[C@H]2C(=O)N(CCCCCCO)C3C1=O. The van der Waals surface area contributed by atoms with E-state index in [4.69, 9.17) is 14.6 Å². The van der Waals surface area contributed by atoms with E-state index in [2.05, 4.69) is 13.8 Å². The zero-order valence-electron chi connectivity index (χ0n) is 22.0. The minimum Gasteiger partial charge on any atom is -0.465 e. The lowest BCUT2D eigenvalue weighted by atomic mass is 9.74. The molecule has 8 nitrogen and oxygen atoms in total. The lowest BCUT2D eigenvalue weighted by Gasteiger charge is -2.38. The molecule has 4 rings (SSSR count). The maximum Gasteiger partial charge on any atom is 0.313 e. The molecule has 2 saturated heterocycles. The second kappa shape index (κ2) is 11.1. The standard InChI is InChI=1S/C28H42N2O6/c1-4-13-20(2)29-17-12-15-28-21(22-26(34)35-19-11-7-8-14-27(22,3)36-28)24(32)30(23(28)25(29)33)16-9-5-6-10-18-31/h8,12,14-15,20-23,31H,4-7,9-11,13,16-19H2,1-3H3/b14-8-/t20?,21-,22-,23?,27+,28-/m0/s1. The molecule has 2 unspecified atom stereocenters. The van der Waals surface area contributed by atoms with Crippen molar-refractivity contribution < 1.29 is 29.0 Å². The highest BCUT2D eigenvalue weighted by Gasteiger charge is 2.74. The van der Waals surface area contributed by atoms with Gasteiger partial charge >= 0.3 is 5.97 Å². The van der Waals surface area contributed by atoms with Gasteiger partial charge in [0.2, 0.25) is 11.8 Å². The lowest BCUT2D eigenvalue weighted by molar-refractivity contribution is -0.160. The van der Waals surface area contributed by atoms with Crippen molar-refractivity contribution in [3.63, 3.8) is 0 Å². The number of ether oxygens (including phenoxy) is 2. The lowest BCUT2D eigenvalue weighted by Crippen LogP contribution is -2.57. The molecule has 8 heteroatoms. The normalized spacial score (nSPS) is 35.8. The molecule has 200 valence electrons. The molecule has 6 atom stereocenters. The van der Waals surface area contributed by atoms with E-state index >= 15 is 0 Å². The summed E-state index contributed by atoms with van der Waals surface area (Å²) in [5, 5.41) is 9.11.